The van der Waals surface area contributed by atoms with E-state index in [1.165, 1.54) is 23.1 Å². The molecule has 168 valence electrons. The van der Waals surface area contributed by atoms with Gasteiger partial charge in [0.25, 0.3) is 0 Å². The van der Waals surface area contributed by atoms with E-state index in [1.807, 2.05) is 6.92 Å². The summed E-state index contributed by atoms with van der Waals surface area (Å²) in [6, 6.07) is 7.30. The summed E-state index contributed by atoms with van der Waals surface area (Å²) in [5.74, 6) is -1.00. The van der Waals surface area contributed by atoms with Crippen LogP contribution in [0.25, 0.3) is 0 Å². The Bertz CT molecular complexity index is 963. The zero-order valence-electron chi connectivity index (χ0n) is 17.6. The first-order valence-electron chi connectivity index (χ1n) is 10.1. The lowest BCUT2D eigenvalue weighted by Gasteiger charge is -2.37. The first-order valence-corrected chi connectivity index (χ1v) is 10.5. The highest BCUT2D eigenvalue weighted by atomic mass is 35.5. The van der Waals surface area contributed by atoms with Gasteiger partial charge >= 0.3 is 6.18 Å². The lowest BCUT2D eigenvalue weighted by molar-refractivity contribution is -0.137. The van der Waals surface area contributed by atoms with Gasteiger partial charge in [-0.15, -0.1) is 0 Å². The second kappa shape index (κ2) is 9.17. The molecule has 1 fully saturated rings. The fraction of sp³-hybridized carbons (Fsp3) is 0.435. The highest BCUT2D eigenvalue weighted by molar-refractivity contribution is 6.30. The summed E-state index contributed by atoms with van der Waals surface area (Å²) in [7, 11) is 1.60. The number of carbonyl (C=O) groups is 1. The Morgan fingerprint density at radius 2 is 1.94 bits per heavy atom. The number of hydrogen-bond acceptors (Lipinski definition) is 2. The maximum absolute atomic E-state index is 13.6. The molecule has 0 saturated carbocycles. The van der Waals surface area contributed by atoms with Crippen LogP contribution >= 0.6 is 11.6 Å². The lowest BCUT2D eigenvalue weighted by atomic mass is 9.79. The van der Waals surface area contributed by atoms with Crippen LogP contribution in [-0.2, 0) is 11.0 Å². The van der Waals surface area contributed by atoms with E-state index in [4.69, 9.17) is 11.6 Å². The predicted molar refractivity (Wildman–Crippen MR) is 112 cm³/mol. The molecule has 0 aromatic heterocycles. The van der Waals surface area contributed by atoms with E-state index in [1.54, 1.807) is 20.0 Å². The number of carbonyl (C=O) groups excluding carboxylic acids is 1. The summed E-state index contributed by atoms with van der Waals surface area (Å²) in [6.45, 7) is 4.72. The molecule has 3 nitrogen and oxygen atoms in total. The number of rotatable bonds is 4. The van der Waals surface area contributed by atoms with Crippen molar-refractivity contribution in [1.82, 2.24) is 10.2 Å². The van der Waals surface area contributed by atoms with Crippen molar-refractivity contribution in [2.24, 2.45) is 5.92 Å². The van der Waals surface area contributed by atoms with Crippen LogP contribution in [0.5, 0.6) is 0 Å². The molecule has 1 unspecified atom stereocenters. The average molecular weight is 457 g/mol. The number of alkyl halides is 3. The standard InChI is InChI=1S/C23H25ClF4N2O/c1-13-8-18(25)4-5-19(13)21-12-29-7-6-20(21)22(31)30(3)14(2)15-9-16(23(26,27)28)11-17(24)10-15/h4-5,8-11,14,20-21,29H,6-7,12H2,1-3H3/t14?,20-,21+/m1/s1. The lowest BCUT2D eigenvalue weighted by Crippen LogP contribution is -2.44. The summed E-state index contributed by atoms with van der Waals surface area (Å²) in [5, 5.41) is 3.26. The largest absolute Gasteiger partial charge is 0.416 e. The topological polar surface area (TPSA) is 32.3 Å². The van der Waals surface area contributed by atoms with E-state index in [0.29, 0.717) is 25.1 Å². The third-order valence-electron chi connectivity index (χ3n) is 6.09. The second-order valence-corrected chi connectivity index (χ2v) is 8.54. The first-order chi connectivity index (χ1) is 14.5. The molecule has 3 rings (SSSR count). The van der Waals surface area contributed by atoms with Gasteiger partial charge in [-0.05, 0) is 73.8 Å². The van der Waals surface area contributed by atoms with Gasteiger partial charge in [0.05, 0.1) is 11.6 Å². The Labute approximate surface area is 184 Å². The molecular formula is C23H25ClF4N2O. The third kappa shape index (κ3) is 5.21. The van der Waals surface area contributed by atoms with Crippen LogP contribution < -0.4 is 5.32 Å². The number of nitrogens with zero attached hydrogens (tertiary/aromatic N) is 1. The summed E-state index contributed by atoms with van der Waals surface area (Å²) < 4.78 is 53.1. The molecule has 0 radical (unpaired) electrons. The maximum Gasteiger partial charge on any atom is 0.416 e. The molecule has 0 spiro atoms. The molecule has 3 atom stereocenters. The van der Waals surface area contributed by atoms with Gasteiger partial charge in [-0.2, -0.15) is 13.2 Å². The molecule has 31 heavy (non-hydrogen) atoms. The monoisotopic (exact) mass is 456 g/mol. The summed E-state index contributed by atoms with van der Waals surface area (Å²) in [5.41, 5.74) is 1.14. The predicted octanol–water partition coefficient (Wildman–Crippen LogP) is 5.72. The summed E-state index contributed by atoms with van der Waals surface area (Å²) in [4.78, 5) is 14.9. The van der Waals surface area contributed by atoms with E-state index in [9.17, 15) is 22.4 Å². The Morgan fingerprint density at radius 3 is 2.58 bits per heavy atom. The molecule has 2 aromatic rings. The van der Waals surface area contributed by atoms with Gasteiger partial charge < -0.3 is 10.2 Å². The van der Waals surface area contributed by atoms with E-state index < -0.39 is 17.8 Å². The van der Waals surface area contributed by atoms with Gasteiger partial charge in [0.1, 0.15) is 5.82 Å². The molecule has 1 amide bonds. The Hall–Kier alpha value is -2.12. The second-order valence-electron chi connectivity index (χ2n) is 8.10. The van der Waals surface area contributed by atoms with Crippen LogP contribution in [-0.4, -0.2) is 30.9 Å². The van der Waals surface area contributed by atoms with Crippen molar-refractivity contribution in [3.63, 3.8) is 0 Å². The van der Waals surface area contributed by atoms with Crippen LogP contribution in [0.4, 0.5) is 17.6 Å². The van der Waals surface area contributed by atoms with Crippen molar-refractivity contribution < 1.29 is 22.4 Å². The van der Waals surface area contributed by atoms with Crippen molar-refractivity contribution in [3.8, 4) is 0 Å². The third-order valence-corrected chi connectivity index (χ3v) is 6.31. The van der Waals surface area contributed by atoms with Crippen molar-refractivity contribution in [3.05, 3.63) is 69.5 Å². The minimum atomic E-state index is -4.53. The van der Waals surface area contributed by atoms with Crippen LogP contribution in [0.15, 0.2) is 36.4 Å². The molecule has 0 aliphatic carbocycles. The van der Waals surface area contributed by atoms with Gasteiger partial charge in [0.2, 0.25) is 5.91 Å². The molecule has 1 aliphatic heterocycles. The van der Waals surface area contributed by atoms with Crippen molar-refractivity contribution in [1.29, 1.82) is 0 Å². The average Bonchev–Trinajstić information content (AvgIpc) is 2.71. The molecule has 1 saturated heterocycles. The Kier molecular flexibility index (Phi) is 6.96. The van der Waals surface area contributed by atoms with Crippen molar-refractivity contribution in [2.45, 2.75) is 38.4 Å². The van der Waals surface area contributed by atoms with Gasteiger partial charge in [-0.25, -0.2) is 4.39 Å². The van der Waals surface area contributed by atoms with Gasteiger partial charge in [0.15, 0.2) is 0 Å². The zero-order valence-corrected chi connectivity index (χ0v) is 18.3. The molecular weight excluding hydrogens is 432 g/mol. The smallest absolute Gasteiger partial charge is 0.339 e. The summed E-state index contributed by atoms with van der Waals surface area (Å²) >= 11 is 5.92. The van der Waals surface area contributed by atoms with Crippen LogP contribution in [0.2, 0.25) is 5.02 Å². The minimum absolute atomic E-state index is 0.0285. The fourth-order valence-electron chi connectivity index (χ4n) is 4.23. The molecule has 8 heteroatoms. The van der Waals surface area contributed by atoms with E-state index in [2.05, 4.69) is 5.32 Å². The van der Waals surface area contributed by atoms with Crippen LogP contribution in [0, 0.1) is 18.7 Å². The van der Waals surface area contributed by atoms with Crippen molar-refractivity contribution in [2.75, 3.05) is 20.1 Å². The van der Waals surface area contributed by atoms with Gasteiger partial charge in [-0.1, -0.05) is 17.7 Å². The SMILES string of the molecule is Cc1cc(F)ccc1[C@@H]1CNCC[C@H]1C(=O)N(C)C(C)c1cc(Cl)cc(C(F)(F)F)c1. The number of aryl methyl sites for hydroxylation is 1. The maximum atomic E-state index is 13.6. The number of amides is 1. The van der Waals surface area contributed by atoms with Crippen molar-refractivity contribution >= 4 is 17.5 Å². The molecule has 1 aliphatic rings. The van der Waals surface area contributed by atoms with Crippen LogP contribution in [0.3, 0.4) is 0 Å². The van der Waals surface area contributed by atoms with Gasteiger partial charge in [-0.3, -0.25) is 4.79 Å². The number of halogens is 5. The number of benzene rings is 2. The molecule has 2 aromatic carbocycles. The summed E-state index contributed by atoms with van der Waals surface area (Å²) in [6.07, 6.45) is -3.94. The normalized spacial score (nSPS) is 20.4. The van der Waals surface area contributed by atoms with E-state index in [0.717, 1.165) is 23.3 Å². The first kappa shape index (κ1) is 23.5. The molecule has 0 bridgehead atoms. The Balaban J connectivity index is 1.87. The molecule has 1 heterocycles. The molecule has 1 N–H and O–H groups in total. The number of nitrogens with one attached hydrogen (secondary N) is 1. The fourth-order valence-corrected chi connectivity index (χ4v) is 4.47. The van der Waals surface area contributed by atoms with E-state index in [-0.39, 0.29) is 28.6 Å². The minimum Gasteiger partial charge on any atom is -0.339 e. The van der Waals surface area contributed by atoms with Crippen LogP contribution in [0.1, 0.15) is 47.6 Å². The number of hydrogen-bond donors (Lipinski definition) is 1. The highest BCUT2D eigenvalue weighted by Gasteiger charge is 2.36. The number of piperidine rings is 1. The zero-order chi connectivity index (χ0) is 22.9. The highest BCUT2D eigenvalue weighted by Crippen LogP contribution is 2.37. The Morgan fingerprint density at radius 1 is 1.23 bits per heavy atom. The van der Waals surface area contributed by atoms with Gasteiger partial charge in [0, 0.05) is 30.5 Å². The quantitative estimate of drug-likeness (QED) is 0.597. The van der Waals surface area contributed by atoms with E-state index >= 15 is 0 Å².